The van der Waals surface area contributed by atoms with E-state index in [4.69, 9.17) is 14.2 Å². The summed E-state index contributed by atoms with van der Waals surface area (Å²) in [5.74, 6) is -1.92. The number of nitro benzene ring substituents is 1. The Kier molecular flexibility index (Phi) is 7.55. The summed E-state index contributed by atoms with van der Waals surface area (Å²) in [7, 11) is 0. The van der Waals surface area contributed by atoms with Crippen LogP contribution >= 0.6 is 0 Å². The quantitative estimate of drug-likeness (QED) is 0.127. The van der Waals surface area contributed by atoms with Gasteiger partial charge in [-0.2, -0.15) is 0 Å². The van der Waals surface area contributed by atoms with Crippen molar-refractivity contribution in [3.05, 3.63) is 82.8 Å². The Balaban J connectivity index is 1.60. The molecule has 1 N–H and O–H groups in total. The molecule has 0 aromatic heterocycles. The summed E-state index contributed by atoms with van der Waals surface area (Å²) >= 11 is 0. The Labute approximate surface area is 216 Å². The number of rotatable bonds is 9. The highest BCUT2D eigenvalue weighted by atomic mass is 16.6. The maximum atomic E-state index is 13.1. The third kappa shape index (κ3) is 4.98. The van der Waals surface area contributed by atoms with Gasteiger partial charge in [0.1, 0.15) is 31.9 Å². The number of ether oxygens (including phenoxy) is 3. The highest BCUT2D eigenvalue weighted by molar-refractivity contribution is 6.09. The summed E-state index contributed by atoms with van der Waals surface area (Å²) in [4.78, 5) is 64.0. The highest BCUT2D eigenvalue weighted by Gasteiger charge is 2.55. The molecule has 0 saturated carbocycles. The zero-order valence-corrected chi connectivity index (χ0v) is 20.2. The predicted molar refractivity (Wildman–Crippen MR) is 131 cm³/mol. The van der Waals surface area contributed by atoms with Gasteiger partial charge in [0.05, 0.1) is 10.6 Å². The second kappa shape index (κ2) is 11.0. The molecule has 0 unspecified atom stereocenters. The summed E-state index contributed by atoms with van der Waals surface area (Å²) in [5, 5.41) is 13.6. The molecule has 3 amide bonds. The van der Waals surface area contributed by atoms with Gasteiger partial charge in [0, 0.05) is 24.3 Å². The van der Waals surface area contributed by atoms with Crippen molar-refractivity contribution in [3.63, 3.8) is 0 Å². The molecule has 0 bridgehead atoms. The molecule has 0 spiro atoms. The number of benzene rings is 1. The van der Waals surface area contributed by atoms with Crippen molar-refractivity contribution >= 4 is 35.3 Å². The fourth-order valence-electron chi connectivity index (χ4n) is 4.25. The van der Waals surface area contributed by atoms with Gasteiger partial charge in [0.15, 0.2) is 11.5 Å². The monoisotopic (exact) mass is 524 g/mol. The van der Waals surface area contributed by atoms with Crippen LogP contribution in [0.5, 0.6) is 0 Å². The number of nitrogens with zero attached hydrogens (tertiary/aromatic N) is 3. The van der Waals surface area contributed by atoms with Crippen LogP contribution in [-0.4, -0.2) is 72.1 Å². The van der Waals surface area contributed by atoms with Crippen molar-refractivity contribution in [1.82, 2.24) is 10.2 Å². The highest BCUT2D eigenvalue weighted by Crippen LogP contribution is 2.35. The molecule has 2 fully saturated rings. The molecule has 13 nitrogen and oxygen atoms in total. The lowest BCUT2D eigenvalue weighted by Gasteiger charge is -2.49. The Bertz CT molecular complexity index is 1290. The lowest BCUT2D eigenvalue weighted by molar-refractivity contribution is -0.384. The number of carbonyl (C=O) groups is 4. The van der Waals surface area contributed by atoms with E-state index in [2.05, 4.69) is 18.5 Å². The number of fused-ring (bicyclic) bond motifs is 1. The molecule has 0 aliphatic carbocycles. The summed E-state index contributed by atoms with van der Waals surface area (Å²) < 4.78 is 15.8. The minimum absolute atomic E-state index is 0.0411. The van der Waals surface area contributed by atoms with E-state index in [1.54, 1.807) is 6.07 Å². The van der Waals surface area contributed by atoms with Gasteiger partial charge in [0.2, 0.25) is 0 Å². The van der Waals surface area contributed by atoms with Crippen molar-refractivity contribution < 1.29 is 38.3 Å². The third-order valence-electron chi connectivity index (χ3n) is 6.02. The van der Waals surface area contributed by atoms with Gasteiger partial charge < -0.3 is 24.4 Å². The Hall–Kier alpha value is -4.94. The lowest BCUT2D eigenvalue weighted by Crippen LogP contribution is -2.73. The van der Waals surface area contributed by atoms with E-state index in [0.29, 0.717) is 5.69 Å². The number of carbonyl (C=O) groups excluding carboxylic acids is 4. The van der Waals surface area contributed by atoms with Gasteiger partial charge in [-0.1, -0.05) is 31.4 Å². The second-order valence-electron chi connectivity index (χ2n) is 8.35. The fourth-order valence-corrected chi connectivity index (χ4v) is 4.25. The van der Waals surface area contributed by atoms with E-state index in [1.807, 2.05) is 0 Å². The van der Waals surface area contributed by atoms with Crippen molar-refractivity contribution in [3.8, 4) is 0 Å². The van der Waals surface area contributed by atoms with Crippen LogP contribution < -0.4 is 10.2 Å². The molecule has 13 heteroatoms. The normalized spacial score (nSPS) is 21.3. The molecule has 1 aromatic rings. The maximum absolute atomic E-state index is 13.1. The maximum Gasteiger partial charge on any atom is 0.408 e. The zero-order valence-electron chi connectivity index (χ0n) is 20.2. The van der Waals surface area contributed by atoms with E-state index in [0.717, 1.165) is 4.90 Å². The fraction of sp³-hybridized carbons (Fsp3) is 0.280. The number of amides is 3. The second-order valence-corrected chi connectivity index (χ2v) is 8.35. The van der Waals surface area contributed by atoms with Crippen LogP contribution in [0.4, 0.5) is 16.2 Å². The molecule has 2 atom stereocenters. The molecule has 3 heterocycles. The molecular weight excluding hydrogens is 500 g/mol. The first-order valence-corrected chi connectivity index (χ1v) is 11.6. The first-order valence-electron chi connectivity index (χ1n) is 11.6. The van der Waals surface area contributed by atoms with Gasteiger partial charge in [-0.05, 0) is 18.6 Å². The molecule has 1 aromatic carbocycles. The van der Waals surface area contributed by atoms with Gasteiger partial charge in [-0.3, -0.25) is 24.6 Å². The van der Waals surface area contributed by atoms with E-state index in [-0.39, 0.29) is 55.5 Å². The standard InChI is InChI=1S/C25H24N4O9/c1-3-10-36-24(32)21-19(38-14-18-20(23(31)28(18)21)26-25(33)37-11-4-2)12-15-8-9-27(22(15)30)16-6-5-7-17(13-16)29(34)35/h3-7,12-13,18,20H,1-2,8-11,14H2,(H,26,33)/b15-12+/t18-,20+/m1/s1. The van der Waals surface area contributed by atoms with Crippen LogP contribution in [0.25, 0.3) is 0 Å². The Morgan fingerprint density at radius 2 is 1.95 bits per heavy atom. The van der Waals surface area contributed by atoms with E-state index < -0.39 is 40.9 Å². The molecule has 3 aliphatic heterocycles. The molecule has 38 heavy (non-hydrogen) atoms. The van der Waals surface area contributed by atoms with Gasteiger partial charge in [0.25, 0.3) is 17.5 Å². The number of anilines is 1. The van der Waals surface area contributed by atoms with Crippen molar-refractivity contribution in [2.75, 3.05) is 31.3 Å². The lowest BCUT2D eigenvalue weighted by atomic mass is 9.92. The molecule has 4 rings (SSSR count). The molecule has 0 radical (unpaired) electrons. The van der Waals surface area contributed by atoms with Crippen molar-refractivity contribution in [2.24, 2.45) is 0 Å². The first-order chi connectivity index (χ1) is 18.3. The summed E-state index contributed by atoms with van der Waals surface area (Å²) in [6.07, 6.45) is 3.53. The SMILES string of the molecule is C=CCOC(=O)N[C@@H]1C(=O)N2C(C(=O)OCC=C)=C(/C=C3\CCN(c4cccc([N+](=O)[O-])c4)C3=O)OC[C@H]12. The Morgan fingerprint density at radius 1 is 1.21 bits per heavy atom. The summed E-state index contributed by atoms with van der Waals surface area (Å²) in [6, 6.07) is 4.00. The van der Waals surface area contributed by atoms with Crippen LogP contribution in [0, 0.1) is 10.1 Å². The number of allylic oxidation sites excluding steroid dienone is 1. The Morgan fingerprint density at radius 3 is 2.66 bits per heavy atom. The minimum atomic E-state index is -0.985. The summed E-state index contributed by atoms with van der Waals surface area (Å²) in [6.45, 7) is 6.94. The zero-order chi connectivity index (χ0) is 27.4. The van der Waals surface area contributed by atoms with Crippen LogP contribution in [0.2, 0.25) is 0 Å². The number of alkyl carbamates (subject to hydrolysis) is 1. The van der Waals surface area contributed by atoms with Gasteiger partial charge in [-0.15, -0.1) is 0 Å². The number of esters is 1. The van der Waals surface area contributed by atoms with Crippen LogP contribution in [-0.2, 0) is 28.6 Å². The van der Waals surface area contributed by atoms with E-state index in [1.165, 1.54) is 41.3 Å². The number of nitrogens with one attached hydrogen (secondary N) is 1. The smallest absolute Gasteiger partial charge is 0.408 e. The average molecular weight is 524 g/mol. The van der Waals surface area contributed by atoms with Crippen molar-refractivity contribution in [2.45, 2.75) is 18.5 Å². The number of non-ortho nitro benzene ring substituents is 1. The van der Waals surface area contributed by atoms with Crippen LogP contribution in [0.15, 0.2) is 72.7 Å². The van der Waals surface area contributed by atoms with E-state index >= 15 is 0 Å². The molecule has 198 valence electrons. The topological polar surface area (TPSA) is 158 Å². The average Bonchev–Trinajstić information content (AvgIpc) is 3.28. The largest absolute Gasteiger partial charge is 0.489 e. The van der Waals surface area contributed by atoms with Gasteiger partial charge >= 0.3 is 12.1 Å². The first kappa shape index (κ1) is 26.1. The molecule has 2 saturated heterocycles. The van der Waals surface area contributed by atoms with Crippen LogP contribution in [0.1, 0.15) is 6.42 Å². The number of nitro groups is 1. The number of hydrogen-bond acceptors (Lipinski definition) is 9. The summed E-state index contributed by atoms with van der Waals surface area (Å²) in [5.41, 5.74) is 0.263. The third-order valence-corrected chi connectivity index (χ3v) is 6.02. The van der Waals surface area contributed by atoms with Gasteiger partial charge in [-0.25, -0.2) is 9.59 Å². The minimum Gasteiger partial charge on any atom is -0.489 e. The molecular formula is C25H24N4O9. The molecule has 3 aliphatic rings. The van der Waals surface area contributed by atoms with Crippen LogP contribution in [0.3, 0.4) is 0 Å². The van der Waals surface area contributed by atoms with E-state index in [9.17, 15) is 29.3 Å². The van der Waals surface area contributed by atoms with Crippen molar-refractivity contribution in [1.29, 1.82) is 0 Å². The number of hydrogen-bond donors (Lipinski definition) is 1. The number of β-lactam (4-membered cyclic amide) rings is 1. The predicted octanol–water partition coefficient (Wildman–Crippen LogP) is 1.72.